The van der Waals surface area contributed by atoms with E-state index in [2.05, 4.69) is 10.3 Å². The Morgan fingerprint density at radius 3 is 3.00 bits per heavy atom. The van der Waals surface area contributed by atoms with Crippen molar-refractivity contribution >= 4 is 17.5 Å². The van der Waals surface area contributed by atoms with E-state index >= 15 is 0 Å². The number of nitrogens with one attached hydrogen (secondary N) is 1. The topological polar surface area (TPSA) is 124 Å². The number of nitrogens with zero attached hydrogens (tertiary/aromatic N) is 2. The van der Waals surface area contributed by atoms with Gasteiger partial charge in [0, 0.05) is 32.7 Å². The van der Waals surface area contributed by atoms with Gasteiger partial charge in [-0.15, -0.1) is 0 Å². The van der Waals surface area contributed by atoms with Crippen LogP contribution >= 0.6 is 0 Å². The zero-order valence-corrected chi connectivity index (χ0v) is 11.4. The maximum atomic E-state index is 11.1. The normalized spacial score (nSPS) is 21.2. The third-order valence-corrected chi connectivity index (χ3v) is 3.40. The standard InChI is InChI=1S/C12H15N3O6/c1-20-12(2-3-21-7-12)6-14-10-4-8(11(16)17)9(5-13-10)15(18)19/h4-5H,2-3,6-7H2,1H3,(H,13,14)(H,16,17). The number of ether oxygens (including phenoxy) is 2. The first-order valence-electron chi connectivity index (χ1n) is 6.22. The first kappa shape index (κ1) is 15.1. The summed E-state index contributed by atoms with van der Waals surface area (Å²) < 4.78 is 10.7. The van der Waals surface area contributed by atoms with Crippen LogP contribution in [0.5, 0.6) is 0 Å². The molecule has 2 heterocycles. The van der Waals surface area contributed by atoms with E-state index in [0.717, 1.165) is 12.3 Å². The molecule has 0 saturated carbocycles. The number of rotatable bonds is 6. The Morgan fingerprint density at radius 1 is 1.71 bits per heavy atom. The highest BCUT2D eigenvalue weighted by atomic mass is 16.6. The molecule has 9 nitrogen and oxygen atoms in total. The van der Waals surface area contributed by atoms with Crippen LogP contribution in [-0.4, -0.2) is 53.5 Å². The number of aromatic nitrogens is 1. The molecule has 1 atom stereocenters. The van der Waals surface area contributed by atoms with Gasteiger partial charge in [-0.1, -0.05) is 0 Å². The molecule has 114 valence electrons. The average Bonchev–Trinajstić information content (AvgIpc) is 2.94. The lowest BCUT2D eigenvalue weighted by atomic mass is 10.0. The molecule has 21 heavy (non-hydrogen) atoms. The Labute approximate surface area is 120 Å². The number of carbonyl (C=O) groups is 1. The lowest BCUT2D eigenvalue weighted by molar-refractivity contribution is -0.385. The minimum Gasteiger partial charge on any atom is -0.477 e. The Hall–Kier alpha value is -2.26. The first-order chi connectivity index (χ1) is 9.97. The number of hydrogen-bond donors (Lipinski definition) is 2. The highest BCUT2D eigenvalue weighted by Gasteiger charge is 2.35. The van der Waals surface area contributed by atoms with E-state index in [1.807, 2.05) is 0 Å². The second-order valence-corrected chi connectivity index (χ2v) is 4.69. The molecule has 1 unspecified atom stereocenters. The maximum Gasteiger partial charge on any atom is 0.342 e. The van der Waals surface area contributed by atoms with Crippen molar-refractivity contribution in [2.45, 2.75) is 12.0 Å². The number of aromatic carboxylic acids is 1. The summed E-state index contributed by atoms with van der Waals surface area (Å²) in [7, 11) is 1.57. The van der Waals surface area contributed by atoms with Gasteiger partial charge in [0.05, 0.1) is 11.5 Å². The number of methoxy groups -OCH3 is 1. The highest BCUT2D eigenvalue weighted by Crippen LogP contribution is 2.24. The van der Waals surface area contributed by atoms with Crippen LogP contribution in [0.2, 0.25) is 0 Å². The molecule has 2 rings (SSSR count). The Balaban J connectivity index is 2.15. The summed E-state index contributed by atoms with van der Waals surface area (Å²) in [5.41, 5.74) is -1.45. The molecule has 1 fully saturated rings. The van der Waals surface area contributed by atoms with Crippen molar-refractivity contribution in [2.24, 2.45) is 0 Å². The quantitative estimate of drug-likeness (QED) is 0.586. The van der Waals surface area contributed by atoms with Crippen LogP contribution in [0.25, 0.3) is 0 Å². The number of pyridine rings is 1. The number of nitro groups is 1. The fraction of sp³-hybridized carbons (Fsp3) is 0.500. The molecule has 1 saturated heterocycles. The Morgan fingerprint density at radius 2 is 2.48 bits per heavy atom. The van der Waals surface area contributed by atoms with E-state index in [1.54, 1.807) is 7.11 Å². The van der Waals surface area contributed by atoms with Gasteiger partial charge in [-0.05, 0) is 0 Å². The van der Waals surface area contributed by atoms with Gasteiger partial charge in [0.2, 0.25) is 0 Å². The van der Waals surface area contributed by atoms with Crippen LogP contribution in [0.4, 0.5) is 11.5 Å². The molecule has 1 aromatic heterocycles. The van der Waals surface area contributed by atoms with Crippen molar-refractivity contribution in [1.29, 1.82) is 0 Å². The second-order valence-electron chi connectivity index (χ2n) is 4.69. The molecule has 0 aliphatic carbocycles. The fourth-order valence-electron chi connectivity index (χ4n) is 2.07. The van der Waals surface area contributed by atoms with Crippen LogP contribution in [0, 0.1) is 10.1 Å². The van der Waals surface area contributed by atoms with E-state index in [4.69, 9.17) is 14.6 Å². The largest absolute Gasteiger partial charge is 0.477 e. The van der Waals surface area contributed by atoms with Crippen molar-refractivity contribution in [2.75, 3.05) is 32.2 Å². The van der Waals surface area contributed by atoms with Gasteiger partial charge in [0.15, 0.2) is 0 Å². The van der Waals surface area contributed by atoms with E-state index in [9.17, 15) is 14.9 Å². The summed E-state index contributed by atoms with van der Waals surface area (Å²) in [4.78, 5) is 24.9. The van der Waals surface area contributed by atoms with Gasteiger partial charge in [0.1, 0.15) is 23.2 Å². The number of carboxylic acid groups (broad SMARTS) is 1. The monoisotopic (exact) mass is 297 g/mol. The van der Waals surface area contributed by atoms with Crippen LogP contribution in [0.3, 0.4) is 0 Å². The van der Waals surface area contributed by atoms with E-state index < -0.39 is 27.7 Å². The zero-order chi connectivity index (χ0) is 15.5. The van der Waals surface area contributed by atoms with Gasteiger partial charge < -0.3 is 19.9 Å². The highest BCUT2D eigenvalue weighted by molar-refractivity contribution is 5.93. The van der Waals surface area contributed by atoms with Crippen LogP contribution < -0.4 is 5.32 Å². The molecule has 0 radical (unpaired) electrons. The number of anilines is 1. The molecule has 1 aliphatic rings. The van der Waals surface area contributed by atoms with Gasteiger partial charge in [-0.3, -0.25) is 10.1 Å². The smallest absolute Gasteiger partial charge is 0.342 e. The molecule has 0 aromatic carbocycles. The minimum absolute atomic E-state index is 0.237. The third-order valence-electron chi connectivity index (χ3n) is 3.40. The van der Waals surface area contributed by atoms with Gasteiger partial charge in [-0.25, -0.2) is 9.78 Å². The summed E-state index contributed by atoms with van der Waals surface area (Å²) in [6, 6.07) is 1.14. The van der Waals surface area contributed by atoms with Gasteiger partial charge >= 0.3 is 11.7 Å². The lowest BCUT2D eigenvalue weighted by Crippen LogP contribution is -2.39. The lowest BCUT2D eigenvalue weighted by Gasteiger charge is -2.26. The van der Waals surface area contributed by atoms with Crippen molar-refractivity contribution in [3.63, 3.8) is 0 Å². The Bertz CT molecular complexity index is 556. The van der Waals surface area contributed by atoms with E-state index in [-0.39, 0.29) is 5.82 Å². The van der Waals surface area contributed by atoms with Gasteiger partial charge in [-0.2, -0.15) is 0 Å². The van der Waals surface area contributed by atoms with Crippen molar-refractivity contribution < 1.29 is 24.3 Å². The molecule has 2 N–H and O–H groups in total. The first-order valence-corrected chi connectivity index (χ1v) is 6.22. The summed E-state index contributed by atoms with van der Waals surface area (Å²) in [6.07, 6.45) is 1.63. The number of hydrogen-bond acceptors (Lipinski definition) is 7. The van der Waals surface area contributed by atoms with E-state index in [0.29, 0.717) is 26.2 Å². The molecule has 1 aromatic rings. The predicted molar refractivity (Wildman–Crippen MR) is 71.5 cm³/mol. The Kier molecular flexibility index (Phi) is 4.34. The zero-order valence-electron chi connectivity index (χ0n) is 11.4. The van der Waals surface area contributed by atoms with Crippen LogP contribution in [-0.2, 0) is 9.47 Å². The average molecular weight is 297 g/mol. The van der Waals surface area contributed by atoms with Crippen LogP contribution in [0.15, 0.2) is 12.3 Å². The molecule has 9 heteroatoms. The van der Waals surface area contributed by atoms with Crippen molar-refractivity contribution in [3.8, 4) is 0 Å². The summed E-state index contributed by atoms with van der Waals surface area (Å²) >= 11 is 0. The van der Waals surface area contributed by atoms with Crippen LogP contribution in [0.1, 0.15) is 16.8 Å². The maximum absolute atomic E-state index is 11.1. The predicted octanol–water partition coefficient (Wildman–Crippen LogP) is 0.905. The third kappa shape index (κ3) is 3.26. The summed E-state index contributed by atoms with van der Waals surface area (Å²) in [5, 5.41) is 22.7. The second kappa shape index (κ2) is 6.02. The summed E-state index contributed by atoms with van der Waals surface area (Å²) in [5.74, 6) is -1.14. The molecule has 1 aliphatic heterocycles. The number of carboxylic acids is 1. The van der Waals surface area contributed by atoms with Crippen molar-refractivity contribution in [3.05, 3.63) is 27.9 Å². The molecule has 0 spiro atoms. The summed E-state index contributed by atoms with van der Waals surface area (Å²) in [6.45, 7) is 1.38. The SMILES string of the molecule is COC1(CNc2cc(C(=O)O)c([N+](=O)[O-])cn2)CCOC1. The molecular formula is C12H15N3O6. The van der Waals surface area contributed by atoms with Crippen molar-refractivity contribution in [1.82, 2.24) is 4.98 Å². The molecule has 0 bridgehead atoms. The fourth-order valence-corrected chi connectivity index (χ4v) is 2.07. The van der Waals surface area contributed by atoms with E-state index in [1.165, 1.54) is 0 Å². The molecule has 0 amide bonds. The minimum atomic E-state index is -1.38. The van der Waals surface area contributed by atoms with Gasteiger partial charge in [0.25, 0.3) is 0 Å². The molecular weight excluding hydrogens is 282 g/mol.